The zero-order valence-corrected chi connectivity index (χ0v) is 11.7. The van der Waals surface area contributed by atoms with E-state index in [9.17, 15) is 9.90 Å². The number of para-hydroxylation sites is 1. The van der Waals surface area contributed by atoms with E-state index in [2.05, 4.69) is 30.3 Å². The number of imidazole rings is 1. The fourth-order valence-corrected chi connectivity index (χ4v) is 2.31. The quantitative estimate of drug-likeness (QED) is 0.897. The molecule has 0 bridgehead atoms. The summed E-state index contributed by atoms with van der Waals surface area (Å²) in [6.45, 7) is 7.19. The van der Waals surface area contributed by atoms with Crippen molar-refractivity contribution in [3.05, 3.63) is 29.6 Å². The van der Waals surface area contributed by atoms with Crippen LogP contribution < -0.4 is 0 Å². The van der Waals surface area contributed by atoms with Crippen molar-refractivity contribution in [2.75, 3.05) is 0 Å². The Morgan fingerprint density at radius 2 is 2.16 bits per heavy atom. The highest BCUT2D eigenvalue weighted by Crippen LogP contribution is 2.23. The van der Waals surface area contributed by atoms with Crippen LogP contribution in [0.5, 0.6) is 0 Å². The maximum atomic E-state index is 11.4. The molecule has 0 saturated heterocycles. The minimum atomic E-state index is -0.890. The lowest BCUT2D eigenvalue weighted by Gasteiger charge is -2.14. The van der Waals surface area contributed by atoms with Gasteiger partial charge in [-0.2, -0.15) is 0 Å². The molecule has 0 aliphatic heterocycles. The van der Waals surface area contributed by atoms with Crippen LogP contribution in [0.1, 0.15) is 43.4 Å². The van der Waals surface area contributed by atoms with E-state index in [0.717, 1.165) is 36.2 Å². The Kier molecular flexibility index (Phi) is 3.88. The summed E-state index contributed by atoms with van der Waals surface area (Å²) in [6, 6.07) is 5.29. The normalized spacial score (nSPS) is 12.8. The number of aryl methyl sites for hydroxylation is 1. The predicted octanol–water partition coefficient (Wildman–Crippen LogP) is 3.34. The Labute approximate surface area is 113 Å². The van der Waals surface area contributed by atoms with Crippen molar-refractivity contribution in [3.63, 3.8) is 0 Å². The summed E-state index contributed by atoms with van der Waals surface area (Å²) in [5, 5.41) is 9.34. The molecule has 1 N–H and O–H groups in total. The molecule has 1 heterocycles. The van der Waals surface area contributed by atoms with Gasteiger partial charge in [0, 0.05) is 13.0 Å². The highest BCUT2D eigenvalue weighted by atomic mass is 16.4. The average Bonchev–Trinajstić information content (AvgIpc) is 2.76. The number of aromatic nitrogens is 2. The summed E-state index contributed by atoms with van der Waals surface area (Å²) in [5.41, 5.74) is 1.88. The molecule has 4 nitrogen and oxygen atoms in total. The number of hydrogen-bond donors (Lipinski definition) is 1. The lowest BCUT2D eigenvalue weighted by Crippen LogP contribution is -2.11. The van der Waals surface area contributed by atoms with Crippen LogP contribution >= 0.6 is 0 Å². The number of nitrogens with zero attached hydrogens (tertiary/aromatic N) is 2. The second-order valence-electron chi connectivity index (χ2n) is 4.98. The van der Waals surface area contributed by atoms with Gasteiger partial charge in [0.2, 0.25) is 0 Å². The Morgan fingerprint density at radius 3 is 2.74 bits per heavy atom. The smallest absolute Gasteiger partial charge is 0.337 e. The average molecular weight is 260 g/mol. The second kappa shape index (κ2) is 5.43. The van der Waals surface area contributed by atoms with Gasteiger partial charge in [-0.3, -0.25) is 0 Å². The lowest BCUT2D eigenvalue weighted by molar-refractivity contribution is 0.0698. The SMILES string of the molecule is CCc1nc2cccc(C(=O)O)c2n1CC(C)CC. The monoisotopic (exact) mass is 260 g/mol. The van der Waals surface area contributed by atoms with Gasteiger partial charge in [-0.15, -0.1) is 0 Å². The standard InChI is InChI=1S/C15H20N2O2/c1-4-10(3)9-17-13(5-2)16-12-8-6-7-11(14(12)17)15(18)19/h6-8,10H,4-5,9H2,1-3H3,(H,18,19). The molecule has 4 heteroatoms. The highest BCUT2D eigenvalue weighted by molar-refractivity contribution is 6.01. The molecule has 2 rings (SSSR count). The topological polar surface area (TPSA) is 55.1 Å². The molecule has 102 valence electrons. The van der Waals surface area contributed by atoms with Crippen LogP contribution in [0.4, 0.5) is 0 Å². The first kappa shape index (κ1) is 13.6. The molecule has 0 fully saturated rings. The number of carboxylic acid groups (broad SMARTS) is 1. The molecule has 1 unspecified atom stereocenters. The molecule has 0 radical (unpaired) electrons. The van der Waals surface area contributed by atoms with Crippen molar-refractivity contribution in [1.29, 1.82) is 0 Å². The van der Waals surface area contributed by atoms with Crippen LogP contribution in [0.25, 0.3) is 11.0 Å². The first-order chi connectivity index (χ1) is 9.08. The number of hydrogen-bond acceptors (Lipinski definition) is 2. The Balaban J connectivity index is 2.66. The van der Waals surface area contributed by atoms with Gasteiger partial charge in [0.15, 0.2) is 0 Å². The van der Waals surface area contributed by atoms with Gasteiger partial charge < -0.3 is 9.67 Å². The molecule has 0 amide bonds. The molecule has 0 spiro atoms. The van der Waals surface area contributed by atoms with Gasteiger partial charge in [0.1, 0.15) is 5.82 Å². The van der Waals surface area contributed by atoms with Crippen molar-refractivity contribution in [3.8, 4) is 0 Å². The minimum Gasteiger partial charge on any atom is -0.478 e. The van der Waals surface area contributed by atoms with E-state index in [1.54, 1.807) is 12.1 Å². The molecule has 0 saturated carbocycles. The summed E-state index contributed by atoms with van der Waals surface area (Å²) in [4.78, 5) is 15.9. The van der Waals surface area contributed by atoms with Gasteiger partial charge in [-0.05, 0) is 18.1 Å². The number of carboxylic acids is 1. The van der Waals surface area contributed by atoms with Crippen LogP contribution in [0.15, 0.2) is 18.2 Å². The van der Waals surface area contributed by atoms with Crippen LogP contribution in [-0.4, -0.2) is 20.6 Å². The van der Waals surface area contributed by atoms with E-state index < -0.39 is 5.97 Å². The van der Waals surface area contributed by atoms with Crippen LogP contribution in [0, 0.1) is 5.92 Å². The van der Waals surface area contributed by atoms with E-state index in [-0.39, 0.29) is 0 Å². The zero-order chi connectivity index (χ0) is 14.0. The zero-order valence-electron chi connectivity index (χ0n) is 11.7. The summed E-state index contributed by atoms with van der Waals surface area (Å²) in [7, 11) is 0. The van der Waals surface area contributed by atoms with E-state index in [1.165, 1.54) is 0 Å². The van der Waals surface area contributed by atoms with Crippen LogP contribution in [-0.2, 0) is 13.0 Å². The third-order valence-corrected chi connectivity index (χ3v) is 3.58. The van der Waals surface area contributed by atoms with Crippen molar-refractivity contribution < 1.29 is 9.90 Å². The van der Waals surface area contributed by atoms with Crippen molar-refractivity contribution >= 4 is 17.0 Å². The Bertz CT molecular complexity index is 601. The molecule has 1 aromatic carbocycles. The number of carbonyl (C=O) groups is 1. The third-order valence-electron chi connectivity index (χ3n) is 3.58. The van der Waals surface area contributed by atoms with Gasteiger partial charge in [0.25, 0.3) is 0 Å². The molecule has 0 aliphatic carbocycles. The Hall–Kier alpha value is -1.84. The van der Waals surface area contributed by atoms with Crippen molar-refractivity contribution in [1.82, 2.24) is 9.55 Å². The molecular formula is C15H20N2O2. The van der Waals surface area contributed by atoms with Crippen LogP contribution in [0.2, 0.25) is 0 Å². The van der Waals surface area contributed by atoms with Crippen molar-refractivity contribution in [2.45, 2.75) is 40.2 Å². The fourth-order valence-electron chi connectivity index (χ4n) is 2.31. The molecule has 19 heavy (non-hydrogen) atoms. The number of aromatic carboxylic acids is 1. The maximum Gasteiger partial charge on any atom is 0.337 e. The molecular weight excluding hydrogens is 240 g/mol. The summed E-state index contributed by atoms with van der Waals surface area (Å²) in [6.07, 6.45) is 1.88. The number of benzene rings is 1. The largest absolute Gasteiger partial charge is 0.478 e. The van der Waals surface area contributed by atoms with E-state index >= 15 is 0 Å². The van der Waals surface area contributed by atoms with Crippen LogP contribution in [0.3, 0.4) is 0 Å². The third kappa shape index (κ3) is 2.48. The molecule has 1 aromatic heterocycles. The number of rotatable bonds is 5. The molecule has 0 aliphatic rings. The van der Waals surface area contributed by atoms with E-state index in [1.807, 2.05) is 6.07 Å². The van der Waals surface area contributed by atoms with Gasteiger partial charge in [-0.1, -0.05) is 33.3 Å². The maximum absolute atomic E-state index is 11.4. The van der Waals surface area contributed by atoms with Gasteiger partial charge >= 0.3 is 5.97 Å². The second-order valence-corrected chi connectivity index (χ2v) is 4.98. The first-order valence-corrected chi connectivity index (χ1v) is 6.79. The predicted molar refractivity (Wildman–Crippen MR) is 75.5 cm³/mol. The fraction of sp³-hybridized carbons (Fsp3) is 0.467. The minimum absolute atomic E-state index is 0.341. The lowest BCUT2D eigenvalue weighted by atomic mass is 10.1. The molecule has 1 atom stereocenters. The van der Waals surface area contributed by atoms with E-state index in [4.69, 9.17) is 0 Å². The summed E-state index contributed by atoms with van der Waals surface area (Å²) in [5.74, 6) is 0.576. The summed E-state index contributed by atoms with van der Waals surface area (Å²) >= 11 is 0. The van der Waals surface area contributed by atoms with Gasteiger partial charge in [-0.25, -0.2) is 9.78 Å². The van der Waals surface area contributed by atoms with Gasteiger partial charge in [0.05, 0.1) is 16.6 Å². The first-order valence-electron chi connectivity index (χ1n) is 6.79. The highest BCUT2D eigenvalue weighted by Gasteiger charge is 2.17. The molecule has 2 aromatic rings. The summed E-state index contributed by atoms with van der Waals surface area (Å²) < 4.78 is 2.08. The van der Waals surface area contributed by atoms with Crippen molar-refractivity contribution in [2.24, 2.45) is 5.92 Å². The van der Waals surface area contributed by atoms with E-state index in [0.29, 0.717) is 11.5 Å². The Morgan fingerprint density at radius 1 is 1.42 bits per heavy atom. The number of fused-ring (bicyclic) bond motifs is 1.